The van der Waals surface area contributed by atoms with Crippen molar-refractivity contribution < 1.29 is 0 Å². The standard InChI is InChI=1S/C12H22N2/c1-3-14(12-6-7-12)9-10(2)8-13-11-4-5-11/h11-13H,2-9H2,1H3. The first-order valence-electron chi connectivity index (χ1n) is 5.93. The second kappa shape index (κ2) is 4.45. The highest BCUT2D eigenvalue weighted by atomic mass is 15.2. The second-order valence-corrected chi connectivity index (χ2v) is 4.70. The van der Waals surface area contributed by atoms with Crippen molar-refractivity contribution in [2.24, 2.45) is 0 Å². The molecule has 0 aliphatic heterocycles. The molecule has 80 valence electrons. The molecule has 0 saturated heterocycles. The summed E-state index contributed by atoms with van der Waals surface area (Å²) in [4.78, 5) is 2.55. The lowest BCUT2D eigenvalue weighted by molar-refractivity contribution is 0.299. The van der Waals surface area contributed by atoms with Crippen molar-refractivity contribution in [3.63, 3.8) is 0 Å². The number of hydrogen-bond donors (Lipinski definition) is 1. The average Bonchev–Trinajstić information content (AvgIpc) is 3.04. The van der Waals surface area contributed by atoms with Crippen molar-refractivity contribution in [1.29, 1.82) is 0 Å². The van der Waals surface area contributed by atoms with E-state index in [0.29, 0.717) is 0 Å². The van der Waals surface area contributed by atoms with Crippen LogP contribution < -0.4 is 5.32 Å². The molecule has 14 heavy (non-hydrogen) atoms. The third-order valence-corrected chi connectivity index (χ3v) is 3.11. The highest BCUT2D eigenvalue weighted by Gasteiger charge is 2.28. The van der Waals surface area contributed by atoms with Gasteiger partial charge in [0, 0.05) is 25.2 Å². The Morgan fingerprint density at radius 3 is 2.57 bits per heavy atom. The zero-order valence-corrected chi connectivity index (χ0v) is 9.26. The van der Waals surface area contributed by atoms with Crippen LogP contribution in [0.4, 0.5) is 0 Å². The first-order chi connectivity index (χ1) is 6.79. The van der Waals surface area contributed by atoms with E-state index in [9.17, 15) is 0 Å². The molecule has 2 aliphatic carbocycles. The molecule has 0 spiro atoms. The van der Waals surface area contributed by atoms with Crippen molar-refractivity contribution in [2.45, 2.75) is 44.7 Å². The quantitative estimate of drug-likeness (QED) is 0.621. The molecule has 2 heteroatoms. The van der Waals surface area contributed by atoms with Crippen LogP contribution in [0.2, 0.25) is 0 Å². The SMILES string of the molecule is C=C(CNC1CC1)CN(CC)C1CC1. The largest absolute Gasteiger partial charge is 0.310 e. The zero-order chi connectivity index (χ0) is 9.97. The molecule has 2 nitrogen and oxygen atoms in total. The number of nitrogens with one attached hydrogen (secondary N) is 1. The number of hydrogen-bond acceptors (Lipinski definition) is 2. The molecular weight excluding hydrogens is 172 g/mol. The van der Waals surface area contributed by atoms with Gasteiger partial charge in [-0.15, -0.1) is 0 Å². The topological polar surface area (TPSA) is 15.3 Å². The molecule has 2 saturated carbocycles. The maximum Gasteiger partial charge on any atom is 0.0205 e. The molecule has 2 fully saturated rings. The van der Waals surface area contributed by atoms with E-state index in [2.05, 4.69) is 23.7 Å². The molecule has 0 radical (unpaired) electrons. The summed E-state index contributed by atoms with van der Waals surface area (Å²) < 4.78 is 0. The molecule has 0 aromatic carbocycles. The summed E-state index contributed by atoms with van der Waals surface area (Å²) in [6, 6.07) is 1.68. The lowest BCUT2D eigenvalue weighted by atomic mass is 10.2. The van der Waals surface area contributed by atoms with Gasteiger partial charge in [-0.3, -0.25) is 4.90 Å². The van der Waals surface area contributed by atoms with Crippen LogP contribution in [0.1, 0.15) is 32.6 Å². The lowest BCUT2D eigenvalue weighted by Gasteiger charge is -2.21. The van der Waals surface area contributed by atoms with Crippen LogP contribution in [0.5, 0.6) is 0 Å². The Bertz CT molecular complexity index is 204. The van der Waals surface area contributed by atoms with Gasteiger partial charge < -0.3 is 5.32 Å². The first kappa shape index (κ1) is 10.2. The Hall–Kier alpha value is -0.340. The molecule has 0 heterocycles. The van der Waals surface area contributed by atoms with Gasteiger partial charge in [0.05, 0.1) is 0 Å². The molecule has 0 aromatic heterocycles. The van der Waals surface area contributed by atoms with Gasteiger partial charge in [-0.2, -0.15) is 0 Å². The monoisotopic (exact) mass is 194 g/mol. The summed E-state index contributed by atoms with van der Waals surface area (Å²) in [7, 11) is 0. The maximum absolute atomic E-state index is 4.15. The Labute approximate surface area is 87.4 Å². The van der Waals surface area contributed by atoms with Crippen molar-refractivity contribution in [3.8, 4) is 0 Å². The van der Waals surface area contributed by atoms with E-state index < -0.39 is 0 Å². The predicted octanol–water partition coefficient (Wildman–Crippen LogP) is 1.78. The normalized spacial score (nSPS) is 21.6. The molecule has 0 bridgehead atoms. The van der Waals surface area contributed by atoms with Crippen molar-refractivity contribution in [3.05, 3.63) is 12.2 Å². The van der Waals surface area contributed by atoms with Crippen molar-refractivity contribution in [2.75, 3.05) is 19.6 Å². The summed E-state index contributed by atoms with van der Waals surface area (Å²) >= 11 is 0. The van der Waals surface area contributed by atoms with Crippen molar-refractivity contribution in [1.82, 2.24) is 10.2 Å². The fraction of sp³-hybridized carbons (Fsp3) is 0.833. The summed E-state index contributed by atoms with van der Waals surface area (Å²) in [6.07, 6.45) is 5.54. The van der Waals surface area contributed by atoms with Gasteiger partial charge in [-0.1, -0.05) is 13.5 Å². The van der Waals surface area contributed by atoms with Crippen LogP contribution in [0.15, 0.2) is 12.2 Å². The van der Waals surface area contributed by atoms with Gasteiger partial charge in [0.1, 0.15) is 0 Å². The van der Waals surface area contributed by atoms with Crippen LogP contribution in [0, 0.1) is 0 Å². The summed E-state index contributed by atoms with van der Waals surface area (Å²) in [6.45, 7) is 9.69. The van der Waals surface area contributed by atoms with E-state index in [1.54, 1.807) is 0 Å². The van der Waals surface area contributed by atoms with E-state index in [1.807, 2.05) is 0 Å². The Morgan fingerprint density at radius 1 is 1.36 bits per heavy atom. The van der Waals surface area contributed by atoms with Gasteiger partial charge in [0.15, 0.2) is 0 Å². The smallest absolute Gasteiger partial charge is 0.0205 e. The van der Waals surface area contributed by atoms with E-state index in [4.69, 9.17) is 0 Å². The fourth-order valence-electron chi connectivity index (χ4n) is 1.86. The van der Waals surface area contributed by atoms with Gasteiger partial charge >= 0.3 is 0 Å². The third kappa shape index (κ3) is 3.10. The molecule has 0 atom stereocenters. The van der Waals surface area contributed by atoms with Gasteiger partial charge in [0.2, 0.25) is 0 Å². The Morgan fingerprint density at radius 2 is 2.07 bits per heavy atom. The predicted molar refractivity (Wildman–Crippen MR) is 60.4 cm³/mol. The van der Waals surface area contributed by atoms with Crippen LogP contribution in [0.3, 0.4) is 0 Å². The third-order valence-electron chi connectivity index (χ3n) is 3.11. The van der Waals surface area contributed by atoms with E-state index >= 15 is 0 Å². The van der Waals surface area contributed by atoms with Gasteiger partial charge in [-0.05, 0) is 37.8 Å². The summed E-state index contributed by atoms with van der Waals surface area (Å²) in [5.41, 5.74) is 1.35. The van der Waals surface area contributed by atoms with Crippen LogP contribution in [0.25, 0.3) is 0 Å². The summed E-state index contributed by atoms with van der Waals surface area (Å²) in [5.74, 6) is 0. The lowest BCUT2D eigenvalue weighted by Crippen LogP contribution is -2.31. The number of rotatable bonds is 7. The molecule has 2 rings (SSSR count). The molecular formula is C12H22N2. The minimum absolute atomic E-state index is 0.808. The molecule has 0 aromatic rings. The minimum atomic E-state index is 0.808. The Kier molecular flexibility index (Phi) is 3.24. The van der Waals surface area contributed by atoms with E-state index in [-0.39, 0.29) is 0 Å². The second-order valence-electron chi connectivity index (χ2n) is 4.70. The average molecular weight is 194 g/mol. The number of likely N-dealkylation sites (N-methyl/N-ethyl adjacent to an activating group) is 1. The van der Waals surface area contributed by atoms with Gasteiger partial charge in [0.25, 0.3) is 0 Å². The summed E-state index contributed by atoms with van der Waals surface area (Å²) in [5, 5.41) is 3.52. The highest BCUT2D eigenvalue weighted by Crippen LogP contribution is 2.27. The maximum atomic E-state index is 4.15. The van der Waals surface area contributed by atoms with Crippen LogP contribution in [-0.2, 0) is 0 Å². The molecule has 2 aliphatic rings. The molecule has 0 unspecified atom stereocenters. The van der Waals surface area contributed by atoms with Crippen LogP contribution >= 0.6 is 0 Å². The van der Waals surface area contributed by atoms with E-state index in [0.717, 1.165) is 25.2 Å². The van der Waals surface area contributed by atoms with Crippen molar-refractivity contribution >= 4 is 0 Å². The zero-order valence-electron chi connectivity index (χ0n) is 9.26. The molecule has 0 amide bonds. The van der Waals surface area contributed by atoms with E-state index in [1.165, 1.54) is 37.8 Å². The number of nitrogens with zero attached hydrogens (tertiary/aromatic N) is 1. The van der Waals surface area contributed by atoms with Crippen LogP contribution in [-0.4, -0.2) is 36.6 Å². The molecule has 1 N–H and O–H groups in total. The highest BCUT2D eigenvalue weighted by molar-refractivity contribution is 5.03. The first-order valence-corrected chi connectivity index (χ1v) is 5.93. The Balaban J connectivity index is 1.63. The minimum Gasteiger partial charge on any atom is -0.310 e. The fourth-order valence-corrected chi connectivity index (χ4v) is 1.86. The van der Waals surface area contributed by atoms with Gasteiger partial charge in [-0.25, -0.2) is 0 Å².